The molecule has 0 spiro atoms. The van der Waals surface area contributed by atoms with Gasteiger partial charge in [-0.2, -0.15) is 0 Å². The van der Waals surface area contributed by atoms with Crippen molar-refractivity contribution in [3.63, 3.8) is 0 Å². The van der Waals surface area contributed by atoms with Crippen LogP contribution in [0.25, 0.3) is 0 Å². The summed E-state index contributed by atoms with van der Waals surface area (Å²) in [5.41, 5.74) is 6.41. The second kappa shape index (κ2) is 6.22. The minimum atomic E-state index is -0.615. The van der Waals surface area contributed by atoms with Gasteiger partial charge in [-0.1, -0.05) is 18.2 Å². The normalized spacial score (nSPS) is 12.3. The molecule has 2 rings (SSSR count). The van der Waals surface area contributed by atoms with Crippen molar-refractivity contribution in [1.82, 2.24) is 4.98 Å². The van der Waals surface area contributed by atoms with Gasteiger partial charge < -0.3 is 10.8 Å². The number of aromatic nitrogens is 1. The first-order valence-corrected chi connectivity index (χ1v) is 7.22. The first kappa shape index (κ1) is 13.4. The average molecular weight is 325 g/mol. The molecule has 0 amide bonds. The lowest BCUT2D eigenvalue weighted by Gasteiger charge is -2.12. The molecule has 0 aliphatic heterocycles. The SMILES string of the molecule is Nc1ncccc1C(O)CSc1ccccc1Br. The van der Waals surface area contributed by atoms with Gasteiger partial charge in [0.25, 0.3) is 0 Å². The molecule has 1 heterocycles. The Kier molecular flexibility index (Phi) is 4.63. The van der Waals surface area contributed by atoms with Crippen molar-refractivity contribution in [2.24, 2.45) is 0 Å². The molecule has 2 aromatic rings. The Balaban J connectivity index is 2.03. The van der Waals surface area contributed by atoms with Crippen LogP contribution < -0.4 is 5.73 Å². The topological polar surface area (TPSA) is 59.1 Å². The number of anilines is 1. The van der Waals surface area contributed by atoms with Crippen molar-refractivity contribution in [3.8, 4) is 0 Å². The summed E-state index contributed by atoms with van der Waals surface area (Å²) in [6.07, 6.45) is 1.00. The van der Waals surface area contributed by atoms with E-state index in [2.05, 4.69) is 20.9 Å². The van der Waals surface area contributed by atoms with E-state index >= 15 is 0 Å². The lowest BCUT2D eigenvalue weighted by atomic mass is 10.2. The molecular formula is C13H13BrN2OS. The Hall–Kier alpha value is -1.04. The lowest BCUT2D eigenvalue weighted by molar-refractivity contribution is 0.204. The number of aliphatic hydroxyl groups excluding tert-OH is 1. The van der Waals surface area contributed by atoms with Crippen molar-refractivity contribution in [1.29, 1.82) is 0 Å². The number of nitrogens with zero attached hydrogens (tertiary/aromatic N) is 1. The van der Waals surface area contributed by atoms with Gasteiger partial charge in [0.1, 0.15) is 5.82 Å². The zero-order valence-corrected chi connectivity index (χ0v) is 12.0. The molecule has 0 aliphatic carbocycles. The van der Waals surface area contributed by atoms with E-state index < -0.39 is 6.10 Å². The fourth-order valence-corrected chi connectivity index (χ4v) is 3.06. The monoisotopic (exact) mass is 324 g/mol. The summed E-state index contributed by atoms with van der Waals surface area (Å²) in [5.74, 6) is 0.927. The highest BCUT2D eigenvalue weighted by atomic mass is 79.9. The molecule has 94 valence electrons. The van der Waals surface area contributed by atoms with Crippen LogP contribution in [0.5, 0.6) is 0 Å². The number of thioether (sulfide) groups is 1. The van der Waals surface area contributed by atoms with Gasteiger partial charge in [-0.15, -0.1) is 11.8 Å². The Morgan fingerprint density at radius 2 is 2.06 bits per heavy atom. The van der Waals surface area contributed by atoms with Crippen LogP contribution in [0.3, 0.4) is 0 Å². The second-order valence-corrected chi connectivity index (χ2v) is 5.65. The molecule has 5 heteroatoms. The number of halogens is 1. The number of aliphatic hydroxyl groups is 1. The molecule has 18 heavy (non-hydrogen) atoms. The summed E-state index contributed by atoms with van der Waals surface area (Å²) in [6.45, 7) is 0. The van der Waals surface area contributed by atoms with Gasteiger partial charge in [0, 0.05) is 26.9 Å². The van der Waals surface area contributed by atoms with E-state index in [9.17, 15) is 5.11 Å². The first-order valence-electron chi connectivity index (χ1n) is 5.44. The van der Waals surface area contributed by atoms with Gasteiger partial charge in [0.15, 0.2) is 0 Å². The third-order valence-corrected chi connectivity index (χ3v) is 4.57. The quantitative estimate of drug-likeness (QED) is 0.847. The average Bonchev–Trinajstić information content (AvgIpc) is 2.38. The van der Waals surface area contributed by atoms with E-state index in [0.29, 0.717) is 17.1 Å². The Morgan fingerprint density at radius 1 is 1.28 bits per heavy atom. The zero-order chi connectivity index (χ0) is 13.0. The fraction of sp³-hybridized carbons (Fsp3) is 0.154. The van der Waals surface area contributed by atoms with E-state index in [0.717, 1.165) is 9.37 Å². The van der Waals surface area contributed by atoms with Gasteiger partial charge in [0.05, 0.1) is 6.10 Å². The molecule has 1 unspecified atom stereocenters. The maximum Gasteiger partial charge on any atom is 0.129 e. The number of rotatable bonds is 4. The molecule has 3 nitrogen and oxygen atoms in total. The summed E-state index contributed by atoms with van der Waals surface area (Å²) in [6, 6.07) is 11.5. The highest BCUT2D eigenvalue weighted by Gasteiger charge is 2.12. The molecule has 0 saturated heterocycles. The fourth-order valence-electron chi connectivity index (χ4n) is 1.53. The molecule has 3 N–H and O–H groups in total. The molecule has 0 saturated carbocycles. The van der Waals surface area contributed by atoms with Crippen molar-refractivity contribution in [3.05, 3.63) is 52.6 Å². The van der Waals surface area contributed by atoms with E-state index in [-0.39, 0.29) is 0 Å². The van der Waals surface area contributed by atoms with E-state index in [1.807, 2.05) is 24.3 Å². The minimum Gasteiger partial charge on any atom is -0.387 e. The molecule has 0 fully saturated rings. The number of nitrogens with two attached hydrogens (primary N) is 1. The van der Waals surface area contributed by atoms with Gasteiger partial charge in [0.2, 0.25) is 0 Å². The molecule has 1 atom stereocenters. The van der Waals surface area contributed by atoms with Crippen LogP contribution >= 0.6 is 27.7 Å². The van der Waals surface area contributed by atoms with Crippen LogP contribution in [0.1, 0.15) is 11.7 Å². The third-order valence-electron chi connectivity index (χ3n) is 2.46. The summed E-state index contributed by atoms with van der Waals surface area (Å²) < 4.78 is 1.03. The smallest absolute Gasteiger partial charge is 0.129 e. The number of benzene rings is 1. The van der Waals surface area contributed by atoms with Crippen LogP contribution in [0.2, 0.25) is 0 Å². The number of pyridine rings is 1. The standard InChI is InChI=1S/C13H13BrN2OS/c14-10-5-1-2-6-12(10)18-8-11(17)9-4-3-7-16-13(9)15/h1-7,11,17H,8H2,(H2,15,16). The van der Waals surface area contributed by atoms with E-state index in [1.54, 1.807) is 30.1 Å². The largest absolute Gasteiger partial charge is 0.387 e. The van der Waals surface area contributed by atoms with Crippen molar-refractivity contribution >= 4 is 33.5 Å². The summed E-state index contributed by atoms with van der Waals surface area (Å²) in [5, 5.41) is 10.1. The van der Waals surface area contributed by atoms with Gasteiger partial charge in [-0.05, 0) is 34.1 Å². The van der Waals surface area contributed by atoms with Crippen molar-refractivity contribution < 1.29 is 5.11 Å². The third kappa shape index (κ3) is 3.25. The summed E-state index contributed by atoms with van der Waals surface area (Å²) in [4.78, 5) is 5.07. The maximum atomic E-state index is 10.1. The Morgan fingerprint density at radius 3 is 2.78 bits per heavy atom. The molecule has 0 aliphatic rings. The second-order valence-electron chi connectivity index (χ2n) is 3.74. The zero-order valence-electron chi connectivity index (χ0n) is 9.58. The Labute approximate surface area is 119 Å². The van der Waals surface area contributed by atoms with Crippen molar-refractivity contribution in [2.45, 2.75) is 11.0 Å². The predicted molar refractivity (Wildman–Crippen MR) is 78.5 cm³/mol. The van der Waals surface area contributed by atoms with Gasteiger partial charge in [-0.3, -0.25) is 0 Å². The lowest BCUT2D eigenvalue weighted by Crippen LogP contribution is -2.05. The maximum absolute atomic E-state index is 10.1. The van der Waals surface area contributed by atoms with Gasteiger partial charge >= 0.3 is 0 Å². The summed E-state index contributed by atoms with van der Waals surface area (Å²) >= 11 is 5.06. The van der Waals surface area contributed by atoms with Crippen LogP contribution in [-0.2, 0) is 0 Å². The van der Waals surface area contributed by atoms with E-state index in [4.69, 9.17) is 5.73 Å². The molecule has 0 radical (unpaired) electrons. The van der Waals surface area contributed by atoms with Crippen LogP contribution in [0.4, 0.5) is 5.82 Å². The summed E-state index contributed by atoms with van der Waals surface area (Å²) in [7, 11) is 0. The van der Waals surface area contributed by atoms with Crippen LogP contribution in [0, 0.1) is 0 Å². The number of hydrogen-bond acceptors (Lipinski definition) is 4. The van der Waals surface area contributed by atoms with Gasteiger partial charge in [-0.25, -0.2) is 4.98 Å². The molecule has 1 aromatic heterocycles. The molecule has 1 aromatic carbocycles. The Bertz CT molecular complexity index is 536. The molecule has 0 bridgehead atoms. The molecular weight excluding hydrogens is 312 g/mol. The van der Waals surface area contributed by atoms with Crippen molar-refractivity contribution in [2.75, 3.05) is 11.5 Å². The highest BCUT2D eigenvalue weighted by molar-refractivity contribution is 9.10. The predicted octanol–water partition coefficient (Wildman–Crippen LogP) is 3.25. The first-order chi connectivity index (χ1) is 8.68. The minimum absolute atomic E-state index is 0.387. The van der Waals surface area contributed by atoms with Crippen LogP contribution in [0.15, 0.2) is 52.0 Å². The highest BCUT2D eigenvalue weighted by Crippen LogP contribution is 2.31. The van der Waals surface area contributed by atoms with E-state index in [1.165, 1.54) is 0 Å². The van der Waals surface area contributed by atoms with Crippen LogP contribution in [-0.4, -0.2) is 15.8 Å². The number of hydrogen-bond donors (Lipinski definition) is 2. The number of nitrogen functional groups attached to an aromatic ring is 1.